The molecule has 0 spiro atoms. The summed E-state index contributed by atoms with van der Waals surface area (Å²) in [5, 5.41) is 12.0. The van der Waals surface area contributed by atoms with Crippen molar-refractivity contribution in [1.82, 2.24) is 5.32 Å². The van der Waals surface area contributed by atoms with Gasteiger partial charge in [0.25, 0.3) is 0 Å². The topological polar surface area (TPSA) is 88.8 Å². The zero-order chi connectivity index (χ0) is 16.2. The van der Waals surface area contributed by atoms with Crippen LogP contribution in [0.4, 0.5) is 0 Å². The number of benzene rings is 1. The highest BCUT2D eigenvalue weighted by atomic mass is 16.5. The third-order valence-electron chi connectivity index (χ3n) is 3.82. The molecule has 1 aliphatic heterocycles. The molecule has 0 bridgehead atoms. The first-order valence-electron chi connectivity index (χ1n) is 7.42. The van der Waals surface area contributed by atoms with E-state index in [1.165, 1.54) is 0 Å². The second kappa shape index (κ2) is 6.56. The van der Waals surface area contributed by atoms with Crippen molar-refractivity contribution in [2.24, 2.45) is 0 Å². The molecule has 1 unspecified atom stereocenters. The monoisotopic (exact) mass is 315 g/mol. The van der Waals surface area contributed by atoms with Crippen molar-refractivity contribution in [3.63, 3.8) is 0 Å². The third kappa shape index (κ3) is 3.53. The van der Waals surface area contributed by atoms with Gasteiger partial charge in [0.2, 0.25) is 5.91 Å². The summed E-state index contributed by atoms with van der Waals surface area (Å²) < 4.78 is 10.4. The van der Waals surface area contributed by atoms with E-state index >= 15 is 0 Å². The van der Waals surface area contributed by atoms with Gasteiger partial charge in [-0.1, -0.05) is 6.07 Å². The smallest absolute Gasteiger partial charge is 0.330 e. The number of carboxylic acids is 1. The molecular weight excluding hydrogens is 298 g/mol. The Morgan fingerprint density at radius 2 is 2.17 bits per heavy atom. The quantitative estimate of drug-likeness (QED) is 0.852. The lowest BCUT2D eigenvalue weighted by Crippen LogP contribution is -2.33. The van der Waals surface area contributed by atoms with Gasteiger partial charge in [-0.3, -0.25) is 4.79 Å². The fourth-order valence-corrected chi connectivity index (χ4v) is 2.60. The zero-order valence-electron chi connectivity index (χ0n) is 12.5. The lowest BCUT2D eigenvalue weighted by Gasteiger charge is -2.15. The van der Waals surface area contributed by atoms with Crippen molar-refractivity contribution in [2.45, 2.75) is 25.3 Å². The van der Waals surface area contributed by atoms with Crippen molar-refractivity contribution in [1.29, 1.82) is 0 Å². The molecule has 23 heavy (non-hydrogen) atoms. The van der Waals surface area contributed by atoms with Crippen molar-refractivity contribution in [3.8, 4) is 5.75 Å². The molecule has 0 saturated carbocycles. The predicted octanol–water partition coefficient (Wildman–Crippen LogP) is 2.09. The Balaban J connectivity index is 1.66. The number of fused-ring (bicyclic) bond motifs is 1. The van der Waals surface area contributed by atoms with Gasteiger partial charge in [-0.25, -0.2) is 4.79 Å². The number of amides is 1. The summed E-state index contributed by atoms with van der Waals surface area (Å²) in [5.74, 6) is -0.611. The SMILES string of the molecule is O=C(CCc1ccoc1)NC(C(=O)O)c1ccc2c(c1)CCO2. The summed E-state index contributed by atoms with van der Waals surface area (Å²) in [6, 6.07) is 5.95. The molecule has 1 aliphatic rings. The summed E-state index contributed by atoms with van der Waals surface area (Å²) in [6.45, 7) is 0.605. The fraction of sp³-hybridized carbons (Fsp3) is 0.294. The maximum atomic E-state index is 12.0. The number of carbonyl (C=O) groups is 2. The van der Waals surface area contributed by atoms with Crippen LogP contribution in [0.25, 0.3) is 0 Å². The number of ether oxygens (including phenoxy) is 1. The van der Waals surface area contributed by atoms with Gasteiger partial charge in [-0.2, -0.15) is 0 Å². The summed E-state index contributed by atoms with van der Waals surface area (Å²) in [4.78, 5) is 23.5. The lowest BCUT2D eigenvalue weighted by atomic mass is 10.0. The standard InChI is InChI=1S/C17H17NO5/c19-15(4-1-11-5-7-22-10-11)18-16(17(20)21)13-2-3-14-12(9-13)6-8-23-14/h2-3,5,7,9-10,16H,1,4,6,8H2,(H,18,19)(H,20,21). The second-order valence-electron chi connectivity index (χ2n) is 5.44. The van der Waals surface area contributed by atoms with E-state index in [0.29, 0.717) is 18.6 Å². The largest absolute Gasteiger partial charge is 0.493 e. The van der Waals surface area contributed by atoms with E-state index in [1.807, 2.05) is 0 Å². The zero-order valence-corrected chi connectivity index (χ0v) is 12.5. The van der Waals surface area contributed by atoms with E-state index in [2.05, 4.69) is 5.32 Å². The number of aryl methyl sites for hydroxylation is 1. The number of furan rings is 1. The Hall–Kier alpha value is -2.76. The molecule has 0 fully saturated rings. The summed E-state index contributed by atoms with van der Waals surface area (Å²) >= 11 is 0. The Kier molecular flexibility index (Phi) is 4.32. The predicted molar refractivity (Wildman–Crippen MR) is 81.2 cm³/mol. The van der Waals surface area contributed by atoms with Gasteiger partial charge >= 0.3 is 5.97 Å². The first-order valence-corrected chi connectivity index (χ1v) is 7.42. The minimum absolute atomic E-state index is 0.206. The number of nitrogens with one attached hydrogen (secondary N) is 1. The van der Waals surface area contributed by atoms with Crippen molar-refractivity contribution < 1.29 is 23.8 Å². The molecule has 0 saturated heterocycles. The highest BCUT2D eigenvalue weighted by Gasteiger charge is 2.24. The van der Waals surface area contributed by atoms with Crippen LogP contribution in [-0.4, -0.2) is 23.6 Å². The molecule has 0 aliphatic carbocycles. The van der Waals surface area contributed by atoms with Crippen LogP contribution in [0.15, 0.2) is 41.2 Å². The molecule has 1 aromatic heterocycles. The molecule has 2 aromatic rings. The van der Waals surface area contributed by atoms with Gasteiger partial charge in [0.15, 0.2) is 6.04 Å². The Morgan fingerprint density at radius 3 is 2.91 bits per heavy atom. The van der Waals surface area contributed by atoms with Crippen LogP contribution in [0.1, 0.15) is 29.2 Å². The molecule has 6 heteroatoms. The van der Waals surface area contributed by atoms with Crippen molar-refractivity contribution >= 4 is 11.9 Å². The summed E-state index contributed by atoms with van der Waals surface area (Å²) in [7, 11) is 0. The van der Waals surface area contributed by atoms with Gasteiger partial charge in [-0.15, -0.1) is 0 Å². The van der Waals surface area contributed by atoms with Crippen molar-refractivity contribution in [2.75, 3.05) is 6.61 Å². The van der Waals surface area contributed by atoms with Gasteiger partial charge in [0, 0.05) is 12.8 Å². The Bertz CT molecular complexity index is 708. The first kappa shape index (κ1) is 15.1. The Labute approximate surface area is 133 Å². The minimum Gasteiger partial charge on any atom is -0.493 e. The van der Waals surface area contributed by atoms with E-state index in [1.54, 1.807) is 36.8 Å². The molecule has 3 rings (SSSR count). The number of carbonyl (C=O) groups excluding carboxylic acids is 1. The first-order chi connectivity index (χ1) is 11.1. The van der Waals surface area contributed by atoms with E-state index < -0.39 is 12.0 Å². The van der Waals surface area contributed by atoms with Gasteiger partial charge in [0.1, 0.15) is 5.75 Å². The maximum absolute atomic E-state index is 12.0. The van der Waals surface area contributed by atoms with Crippen LogP contribution >= 0.6 is 0 Å². The molecule has 6 nitrogen and oxygen atoms in total. The third-order valence-corrected chi connectivity index (χ3v) is 3.82. The highest BCUT2D eigenvalue weighted by molar-refractivity contribution is 5.84. The highest BCUT2D eigenvalue weighted by Crippen LogP contribution is 2.28. The van der Waals surface area contributed by atoms with Gasteiger partial charge in [0.05, 0.1) is 19.1 Å². The maximum Gasteiger partial charge on any atom is 0.330 e. The molecule has 1 atom stereocenters. The number of rotatable bonds is 6. The molecule has 2 N–H and O–H groups in total. The van der Waals surface area contributed by atoms with Crippen LogP contribution in [0.5, 0.6) is 5.75 Å². The normalized spacial score (nSPS) is 13.9. The summed E-state index contributed by atoms with van der Waals surface area (Å²) in [6.07, 6.45) is 4.58. The van der Waals surface area contributed by atoms with E-state index in [-0.39, 0.29) is 12.3 Å². The van der Waals surface area contributed by atoms with Crippen LogP contribution in [0.3, 0.4) is 0 Å². The van der Waals surface area contributed by atoms with Crippen molar-refractivity contribution in [3.05, 3.63) is 53.5 Å². The average molecular weight is 315 g/mol. The number of aliphatic carboxylic acids is 1. The average Bonchev–Trinajstić information content (AvgIpc) is 3.20. The van der Waals surface area contributed by atoms with Crippen LogP contribution in [-0.2, 0) is 22.4 Å². The van der Waals surface area contributed by atoms with Gasteiger partial charge in [-0.05, 0) is 41.3 Å². The minimum atomic E-state index is -1.08. The van der Waals surface area contributed by atoms with E-state index in [9.17, 15) is 14.7 Å². The van der Waals surface area contributed by atoms with E-state index in [4.69, 9.17) is 9.15 Å². The lowest BCUT2D eigenvalue weighted by molar-refractivity contribution is -0.142. The molecule has 2 heterocycles. The second-order valence-corrected chi connectivity index (χ2v) is 5.44. The van der Waals surface area contributed by atoms with Crippen LogP contribution < -0.4 is 10.1 Å². The van der Waals surface area contributed by atoms with Crippen LogP contribution in [0, 0.1) is 0 Å². The molecule has 120 valence electrons. The molecule has 1 aromatic carbocycles. The fourth-order valence-electron chi connectivity index (χ4n) is 2.60. The number of carboxylic acid groups (broad SMARTS) is 1. The Morgan fingerprint density at radius 1 is 1.30 bits per heavy atom. The molecular formula is C17H17NO5. The molecule has 0 radical (unpaired) electrons. The number of hydrogen-bond donors (Lipinski definition) is 2. The van der Waals surface area contributed by atoms with Gasteiger partial charge < -0.3 is 19.6 Å². The number of hydrogen-bond acceptors (Lipinski definition) is 4. The summed E-state index contributed by atoms with van der Waals surface area (Å²) in [5.41, 5.74) is 2.43. The molecule has 1 amide bonds. The van der Waals surface area contributed by atoms with Crippen LogP contribution in [0.2, 0.25) is 0 Å². The van der Waals surface area contributed by atoms with E-state index in [0.717, 1.165) is 23.3 Å².